The molecular formula is C31H34N4O5. The van der Waals surface area contributed by atoms with Crippen LogP contribution in [0.1, 0.15) is 49.2 Å². The summed E-state index contributed by atoms with van der Waals surface area (Å²) in [5, 5.41) is 14.7. The van der Waals surface area contributed by atoms with Crippen LogP contribution in [0.2, 0.25) is 0 Å². The number of rotatable bonds is 12. The van der Waals surface area contributed by atoms with Crippen LogP contribution in [0.4, 0.5) is 5.69 Å². The Bertz CT molecular complexity index is 1400. The molecule has 1 heterocycles. The summed E-state index contributed by atoms with van der Waals surface area (Å²) in [6.45, 7) is 6.61. The molecule has 0 bridgehead atoms. The van der Waals surface area contributed by atoms with E-state index in [1.165, 1.54) is 0 Å². The van der Waals surface area contributed by atoms with Crippen LogP contribution in [-0.2, 0) is 9.53 Å². The number of methoxy groups -OCH3 is 1. The van der Waals surface area contributed by atoms with Gasteiger partial charge in [-0.15, -0.1) is 10.2 Å². The topological polar surface area (TPSA) is 116 Å². The summed E-state index contributed by atoms with van der Waals surface area (Å²) < 4.78 is 16.0. The number of hydrogen-bond acceptors (Lipinski definition) is 8. The zero-order valence-corrected chi connectivity index (χ0v) is 23.1. The van der Waals surface area contributed by atoms with Crippen molar-refractivity contribution in [3.8, 4) is 28.7 Å². The molecule has 0 aliphatic carbocycles. The van der Waals surface area contributed by atoms with Gasteiger partial charge < -0.3 is 24.5 Å². The van der Waals surface area contributed by atoms with Crippen LogP contribution in [-0.4, -0.2) is 42.3 Å². The van der Waals surface area contributed by atoms with Crippen LogP contribution in [0, 0.1) is 5.92 Å². The summed E-state index contributed by atoms with van der Waals surface area (Å²) in [4.78, 5) is 23.8. The lowest BCUT2D eigenvalue weighted by atomic mass is 9.94. The number of nitrogens with zero attached hydrogens (tertiary/aromatic N) is 2. The van der Waals surface area contributed by atoms with Crippen molar-refractivity contribution in [1.82, 2.24) is 15.5 Å². The number of hydrogen-bond donors (Lipinski definition) is 2. The van der Waals surface area contributed by atoms with Gasteiger partial charge in [0.1, 0.15) is 5.75 Å². The van der Waals surface area contributed by atoms with E-state index in [0.717, 1.165) is 28.1 Å². The highest BCUT2D eigenvalue weighted by Gasteiger charge is 2.18. The SMILES string of the molecule is CCOC(=O)CCNC(=O)c1ccc(NC(c2ccc(-c3nnc(-c4ccc(OC)cc4)o3)cc2)C(C)C)cc1. The van der Waals surface area contributed by atoms with Gasteiger partial charge in [0.25, 0.3) is 5.91 Å². The van der Waals surface area contributed by atoms with E-state index in [-0.39, 0.29) is 30.9 Å². The van der Waals surface area contributed by atoms with Crippen molar-refractivity contribution < 1.29 is 23.5 Å². The molecule has 208 valence electrons. The second-order valence-corrected chi connectivity index (χ2v) is 9.52. The second-order valence-electron chi connectivity index (χ2n) is 9.52. The van der Waals surface area contributed by atoms with Crippen molar-refractivity contribution in [1.29, 1.82) is 0 Å². The first-order valence-electron chi connectivity index (χ1n) is 13.3. The molecule has 1 unspecified atom stereocenters. The van der Waals surface area contributed by atoms with Gasteiger partial charge in [-0.05, 0) is 79.1 Å². The minimum absolute atomic E-state index is 0.0378. The Morgan fingerprint density at radius 1 is 0.875 bits per heavy atom. The average Bonchev–Trinajstić information content (AvgIpc) is 3.47. The molecule has 0 saturated carbocycles. The lowest BCUT2D eigenvalue weighted by Gasteiger charge is -2.24. The second kappa shape index (κ2) is 13.4. The Hall–Kier alpha value is -4.66. The fourth-order valence-corrected chi connectivity index (χ4v) is 4.17. The Morgan fingerprint density at radius 2 is 1.48 bits per heavy atom. The van der Waals surface area contributed by atoms with Crippen LogP contribution in [0.15, 0.2) is 77.2 Å². The Balaban J connectivity index is 1.39. The number of anilines is 1. The maximum Gasteiger partial charge on any atom is 0.307 e. The highest BCUT2D eigenvalue weighted by molar-refractivity contribution is 5.94. The molecule has 0 aliphatic heterocycles. The smallest absolute Gasteiger partial charge is 0.307 e. The van der Waals surface area contributed by atoms with E-state index >= 15 is 0 Å². The van der Waals surface area contributed by atoms with Crippen LogP contribution in [0.5, 0.6) is 5.75 Å². The highest BCUT2D eigenvalue weighted by atomic mass is 16.5. The van der Waals surface area contributed by atoms with Crippen LogP contribution >= 0.6 is 0 Å². The third-order valence-electron chi connectivity index (χ3n) is 6.33. The molecular weight excluding hydrogens is 508 g/mol. The molecule has 40 heavy (non-hydrogen) atoms. The van der Waals surface area contributed by atoms with E-state index in [1.54, 1.807) is 26.2 Å². The molecule has 0 saturated heterocycles. The largest absolute Gasteiger partial charge is 0.497 e. The van der Waals surface area contributed by atoms with E-state index in [2.05, 4.69) is 46.8 Å². The van der Waals surface area contributed by atoms with Gasteiger partial charge in [-0.3, -0.25) is 9.59 Å². The third kappa shape index (κ3) is 7.25. The first-order chi connectivity index (χ1) is 19.4. The average molecular weight is 543 g/mol. The number of carbonyl (C=O) groups is 2. The lowest BCUT2D eigenvalue weighted by molar-refractivity contribution is -0.142. The van der Waals surface area contributed by atoms with Crippen molar-refractivity contribution in [2.24, 2.45) is 5.92 Å². The Morgan fingerprint density at radius 3 is 2.02 bits per heavy atom. The van der Waals surface area contributed by atoms with E-state index in [9.17, 15) is 9.59 Å². The quantitative estimate of drug-likeness (QED) is 0.213. The first kappa shape index (κ1) is 28.4. The van der Waals surface area contributed by atoms with Gasteiger partial charge in [0.2, 0.25) is 11.8 Å². The third-order valence-corrected chi connectivity index (χ3v) is 6.33. The fourth-order valence-electron chi connectivity index (χ4n) is 4.17. The molecule has 1 aromatic heterocycles. The molecule has 3 aromatic carbocycles. The lowest BCUT2D eigenvalue weighted by Crippen LogP contribution is -2.26. The van der Waals surface area contributed by atoms with Crippen molar-refractivity contribution in [3.63, 3.8) is 0 Å². The molecule has 9 heteroatoms. The summed E-state index contributed by atoms with van der Waals surface area (Å²) in [7, 11) is 1.62. The van der Waals surface area contributed by atoms with Crippen LogP contribution in [0.25, 0.3) is 22.9 Å². The van der Waals surface area contributed by atoms with E-state index < -0.39 is 0 Å². The number of benzene rings is 3. The summed E-state index contributed by atoms with van der Waals surface area (Å²) in [6.07, 6.45) is 0.143. The van der Waals surface area contributed by atoms with Gasteiger partial charge in [-0.1, -0.05) is 26.0 Å². The molecule has 0 spiro atoms. The molecule has 0 aliphatic rings. The molecule has 4 aromatic rings. The van der Waals surface area contributed by atoms with Gasteiger partial charge in [0.15, 0.2) is 0 Å². The number of carbonyl (C=O) groups excluding carboxylic acids is 2. The van der Waals surface area contributed by atoms with Crippen molar-refractivity contribution >= 4 is 17.6 Å². The molecule has 0 fully saturated rings. The monoisotopic (exact) mass is 542 g/mol. The van der Waals surface area contributed by atoms with E-state index in [1.807, 2.05) is 48.5 Å². The fraction of sp³-hybridized carbons (Fsp3) is 0.290. The number of ether oxygens (including phenoxy) is 2. The zero-order chi connectivity index (χ0) is 28.5. The van der Waals surface area contributed by atoms with E-state index in [4.69, 9.17) is 13.9 Å². The highest BCUT2D eigenvalue weighted by Crippen LogP contribution is 2.30. The minimum atomic E-state index is -0.328. The van der Waals surface area contributed by atoms with Gasteiger partial charge in [-0.25, -0.2) is 0 Å². The zero-order valence-electron chi connectivity index (χ0n) is 23.1. The van der Waals surface area contributed by atoms with Gasteiger partial charge in [-0.2, -0.15) is 0 Å². The van der Waals surface area contributed by atoms with Crippen LogP contribution in [0.3, 0.4) is 0 Å². The number of nitrogens with one attached hydrogen (secondary N) is 2. The maximum atomic E-state index is 12.4. The predicted octanol–water partition coefficient (Wildman–Crippen LogP) is 5.90. The molecule has 9 nitrogen and oxygen atoms in total. The standard InChI is InChI=1S/C31H34N4O5/c1-5-39-27(36)18-19-32-29(37)22-10-14-25(15-11-22)33-28(20(2)3)21-6-8-23(9-7-21)30-34-35-31(40-30)24-12-16-26(38-4)17-13-24/h6-17,20,28,33H,5,18-19H2,1-4H3,(H,32,37). The summed E-state index contributed by atoms with van der Waals surface area (Å²) in [5.41, 5.74) is 4.17. The first-order valence-corrected chi connectivity index (χ1v) is 13.3. The minimum Gasteiger partial charge on any atom is -0.497 e. The van der Waals surface area contributed by atoms with Gasteiger partial charge in [0.05, 0.1) is 26.2 Å². The van der Waals surface area contributed by atoms with Gasteiger partial charge >= 0.3 is 5.97 Å². The Kier molecular flexibility index (Phi) is 9.51. The summed E-state index contributed by atoms with van der Waals surface area (Å²) in [6, 6.07) is 22.8. The normalized spacial score (nSPS) is 11.6. The maximum absolute atomic E-state index is 12.4. The molecule has 4 rings (SSSR count). The van der Waals surface area contributed by atoms with Gasteiger partial charge in [0, 0.05) is 28.9 Å². The molecule has 1 amide bonds. The number of esters is 1. The molecule has 0 radical (unpaired) electrons. The number of aromatic nitrogens is 2. The molecule has 1 atom stereocenters. The Labute approximate surface area is 233 Å². The number of amides is 1. The van der Waals surface area contributed by atoms with E-state index in [0.29, 0.717) is 29.9 Å². The van der Waals surface area contributed by atoms with Crippen LogP contribution < -0.4 is 15.4 Å². The summed E-state index contributed by atoms with van der Waals surface area (Å²) >= 11 is 0. The predicted molar refractivity (Wildman–Crippen MR) is 153 cm³/mol. The van der Waals surface area contributed by atoms with Crippen molar-refractivity contribution in [2.45, 2.75) is 33.2 Å². The van der Waals surface area contributed by atoms with Crippen molar-refractivity contribution in [3.05, 3.63) is 83.9 Å². The summed E-state index contributed by atoms with van der Waals surface area (Å²) in [5.74, 6) is 1.38. The van der Waals surface area contributed by atoms with Crippen molar-refractivity contribution in [2.75, 3.05) is 25.6 Å². The molecule has 2 N–H and O–H groups in total.